The van der Waals surface area contributed by atoms with Crippen molar-refractivity contribution in [2.45, 2.75) is 38.3 Å². The van der Waals surface area contributed by atoms with Gasteiger partial charge in [0, 0.05) is 18.8 Å². The third-order valence-corrected chi connectivity index (χ3v) is 4.62. The molecular weight excluding hydrogens is 304 g/mol. The van der Waals surface area contributed by atoms with Crippen molar-refractivity contribution in [3.63, 3.8) is 0 Å². The molecule has 0 radical (unpaired) electrons. The van der Waals surface area contributed by atoms with E-state index >= 15 is 0 Å². The minimum atomic E-state index is -0.819. The summed E-state index contributed by atoms with van der Waals surface area (Å²) in [5.74, 6) is 0.795. The molecule has 5 nitrogen and oxygen atoms in total. The Hall–Kier alpha value is -1.30. The average molecular weight is 327 g/mol. The number of halogens is 1. The number of amides is 1. The first-order chi connectivity index (χ1) is 10.0. The number of hydrogen-bond acceptors (Lipinski definition) is 4. The van der Waals surface area contributed by atoms with Crippen LogP contribution in [-0.2, 0) is 9.53 Å². The number of fused-ring (bicyclic) bond motifs is 1. The van der Waals surface area contributed by atoms with E-state index in [0.717, 1.165) is 16.9 Å². The van der Waals surface area contributed by atoms with Crippen LogP contribution in [0.4, 0.5) is 0 Å². The number of carbonyl (C=O) groups excluding carboxylic acids is 1. The number of ether oxygens (including phenoxy) is 2. The molecule has 3 N–H and O–H groups in total. The highest BCUT2D eigenvalue weighted by atomic mass is 35.5. The molecular formula is C16H23ClN2O3. The summed E-state index contributed by atoms with van der Waals surface area (Å²) < 4.78 is 11.0. The van der Waals surface area contributed by atoms with Crippen molar-refractivity contribution in [3.8, 4) is 5.75 Å². The molecule has 1 saturated heterocycles. The zero-order valence-corrected chi connectivity index (χ0v) is 13.8. The fourth-order valence-electron chi connectivity index (χ4n) is 2.92. The third kappa shape index (κ3) is 2.93. The maximum atomic E-state index is 12.5. The van der Waals surface area contributed by atoms with Gasteiger partial charge in [-0.15, -0.1) is 12.4 Å². The summed E-state index contributed by atoms with van der Waals surface area (Å²) >= 11 is 0. The first-order valence-electron chi connectivity index (χ1n) is 7.42. The van der Waals surface area contributed by atoms with Gasteiger partial charge in [0.05, 0.1) is 11.6 Å². The van der Waals surface area contributed by atoms with E-state index in [1.807, 2.05) is 13.0 Å². The van der Waals surface area contributed by atoms with Crippen LogP contribution in [0.15, 0.2) is 12.1 Å². The second-order valence-electron chi connectivity index (χ2n) is 6.03. The monoisotopic (exact) mass is 326 g/mol. The van der Waals surface area contributed by atoms with Gasteiger partial charge < -0.3 is 20.5 Å². The van der Waals surface area contributed by atoms with Crippen molar-refractivity contribution in [3.05, 3.63) is 28.8 Å². The van der Waals surface area contributed by atoms with E-state index < -0.39 is 5.54 Å². The van der Waals surface area contributed by atoms with E-state index in [4.69, 9.17) is 15.2 Å². The number of aryl methyl sites for hydroxylation is 1. The molecule has 1 aromatic rings. The average Bonchev–Trinajstić information content (AvgIpc) is 2.87. The molecule has 1 amide bonds. The van der Waals surface area contributed by atoms with Crippen LogP contribution in [0.3, 0.4) is 0 Å². The van der Waals surface area contributed by atoms with Gasteiger partial charge in [-0.2, -0.15) is 0 Å². The van der Waals surface area contributed by atoms with Crippen LogP contribution in [-0.4, -0.2) is 31.3 Å². The Morgan fingerprint density at radius 3 is 2.68 bits per heavy atom. The molecule has 0 aromatic heterocycles. The lowest BCUT2D eigenvalue weighted by atomic mass is 9.89. The second-order valence-corrected chi connectivity index (χ2v) is 6.03. The quantitative estimate of drug-likeness (QED) is 0.869. The predicted molar refractivity (Wildman–Crippen MR) is 86.5 cm³/mol. The third-order valence-electron chi connectivity index (χ3n) is 4.62. The Balaban J connectivity index is 0.00000176. The molecule has 0 saturated carbocycles. The van der Waals surface area contributed by atoms with Crippen molar-refractivity contribution in [2.24, 2.45) is 5.73 Å². The molecule has 1 unspecified atom stereocenters. The van der Waals surface area contributed by atoms with Crippen LogP contribution in [0, 0.1) is 13.8 Å². The Morgan fingerprint density at radius 2 is 2.00 bits per heavy atom. The Kier molecular flexibility index (Phi) is 5.00. The van der Waals surface area contributed by atoms with Gasteiger partial charge in [-0.25, -0.2) is 0 Å². The maximum Gasteiger partial charge on any atom is 0.240 e. The number of nitrogens with two attached hydrogens (primary N) is 1. The lowest BCUT2D eigenvalue weighted by molar-refractivity contribution is -0.130. The van der Waals surface area contributed by atoms with Gasteiger partial charge in [0.1, 0.15) is 12.4 Å². The zero-order chi connectivity index (χ0) is 15.0. The molecule has 2 heterocycles. The van der Waals surface area contributed by atoms with Gasteiger partial charge in [-0.05, 0) is 37.8 Å². The standard InChI is InChI=1S/C16H22N2O3.ClH/c1-10-3-4-12-13(9-21-14(12)11(10)2)18-15(19)16(17)5-7-20-8-6-16;/h3-4,13H,5-9,17H2,1-2H3,(H,18,19);1H. The minimum absolute atomic E-state index is 0. The first kappa shape index (κ1) is 17.1. The first-order valence-corrected chi connectivity index (χ1v) is 7.42. The molecule has 6 heteroatoms. The molecule has 3 rings (SSSR count). The largest absolute Gasteiger partial charge is 0.490 e. The van der Waals surface area contributed by atoms with Crippen LogP contribution >= 0.6 is 12.4 Å². The van der Waals surface area contributed by atoms with E-state index in [9.17, 15) is 4.79 Å². The molecule has 2 aliphatic heterocycles. The van der Waals surface area contributed by atoms with Crippen molar-refractivity contribution in [2.75, 3.05) is 19.8 Å². The topological polar surface area (TPSA) is 73.6 Å². The summed E-state index contributed by atoms with van der Waals surface area (Å²) in [6.07, 6.45) is 1.12. The molecule has 122 valence electrons. The highest BCUT2D eigenvalue weighted by Crippen LogP contribution is 2.37. The Bertz CT molecular complexity index is 571. The van der Waals surface area contributed by atoms with Crippen LogP contribution in [0.25, 0.3) is 0 Å². The van der Waals surface area contributed by atoms with Crippen molar-refractivity contribution in [1.82, 2.24) is 5.32 Å². The van der Waals surface area contributed by atoms with Crippen LogP contribution in [0.2, 0.25) is 0 Å². The van der Waals surface area contributed by atoms with Gasteiger partial charge in [0.2, 0.25) is 5.91 Å². The zero-order valence-electron chi connectivity index (χ0n) is 13.0. The molecule has 1 aromatic carbocycles. The smallest absolute Gasteiger partial charge is 0.240 e. The Labute approximate surface area is 137 Å². The fraction of sp³-hybridized carbons (Fsp3) is 0.562. The molecule has 22 heavy (non-hydrogen) atoms. The summed E-state index contributed by atoms with van der Waals surface area (Å²) in [6.45, 7) is 5.65. The van der Waals surface area contributed by atoms with Gasteiger partial charge >= 0.3 is 0 Å². The molecule has 1 atom stereocenters. The summed E-state index contributed by atoms with van der Waals surface area (Å²) in [5, 5.41) is 3.05. The van der Waals surface area contributed by atoms with Gasteiger partial charge in [-0.1, -0.05) is 12.1 Å². The van der Waals surface area contributed by atoms with E-state index in [0.29, 0.717) is 32.7 Å². The lowest BCUT2D eigenvalue weighted by Crippen LogP contribution is -2.57. The molecule has 0 aliphatic carbocycles. The predicted octanol–water partition coefficient (Wildman–Crippen LogP) is 1.78. The van der Waals surface area contributed by atoms with Crippen molar-refractivity contribution >= 4 is 18.3 Å². The summed E-state index contributed by atoms with van der Waals surface area (Å²) in [6, 6.07) is 3.98. The highest BCUT2D eigenvalue weighted by molar-refractivity contribution is 5.86. The van der Waals surface area contributed by atoms with Crippen LogP contribution in [0.5, 0.6) is 5.75 Å². The number of benzene rings is 1. The number of nitrogens with one attached hydrogen (secondary N) is 1. The van der Waals surface area contributed by atoms with E-state index in [2.05, 4.69) is 18.3 Å². The lowest BCUT2D eigenvalue weighted by Gasteiger charge is -2.32. The van der Waals surface area contributed by atoms with Gasteiger partial charge in [0.15, 0.2) is 0 Å². The maximum absolute atomic E-state index is 12.5. The summed E-state index contributed by atoms with van der Waals surface area (Å²) in [5.41, 5.74) is 8.78. The summed E-state index contributed by atoms with van der Waals surface area (Å²) in [7, 11) is 0. The van der Waals surface area contributed by atoms with Gasteiger partial charge in [0.25, 0.3) is 0 Å². The number of carbonyl (C=O) groups is 1. The van der Waals surface area contributed by atoms with Crippen LogP contribution < -0.4 is 15.8 Å². The molecule has 2 aliphatic rings. The van der Waals surface area contributed by atoms with Crippen LogP contribution in [0.1, 0.15) is 35.6 Å². The van der Waals surface area contributed by atoms with E-state index in [-0.39, 0.29) is 24.4 Å². The Morgan fingerprint density at radius 1 is 1.32 bits per heavy atom. The van der Waals surface area contributed by atoms with Crippen molar-refractivity contribution < 1.29 is 14.3 Å². The normalized spacial score (nSPS) is 22.2. The molecule has 0 bridgehead atoms. The molecule has 0 spiro atoms. The SMILES string of the molecule is Cc1ccc2c(c1C)OCC2NC(=O)C1(N)CCOCC1.Cl. The fourth-order valence-corrected chi connectivity index (χ4v) is 2.92. The van der Waals surface area contributed by atoms with Gasteiger partial charge in [-0.3, -0.25) is 4.79 Å². The van der Waals surface area contributed by atoms with Crippen molar-refractivity contribution in [1.29, 1.82) is 0 Å². The second kappa shape index (κ2) is 6.44. The minimum Gasteiger partial charge on any atom is -0.490 e. The van der Waals surface area contributed by atoms with E-state index in [1.165, 1.54) is 5.56 Å². The number of rotatable bonds is 2. The number of hydrogen-bond donors (Lipinski definition) is 2. The highest BCUT2D eigenvalue weighted by Gasteiger charge is 2.38. The summed E-state index contributed by atoms with van der Waals surface area (Å²) in [4.78, 5) is 12.5. The molecule has 1 fully saturated rings. The van der Waals surface area contributed by atoms with E-state index in [1.54, 1.807) is 0 Å².